The number of hydrogen-bond acceptors (Lipinski definition) is 6. The molecule has 4 rings (SSSR count). The molecule has 1 fully saturated rings. The van der Waals surface area contributed by atoms with Crippen LogP contribution in [-0.4, -0.2) is 51.2 Å². The summed E-state index contributed by atoms with van der Waals surface area (Å²) in [4.78, 5) is 15.4. The van der Waals surface area contributed by atoms with Gasteiger partial charge in [0.05, 0.1) is 24.8 Å². The molecule has 0 aliphatic carbocycles. The second-order valence-electron chi connectivity index (χ2n) is 9.19. The fourth-order valence-corrected chi connectivity index (χ4v) is 4.62. The predicted octanol–water partition coefficient (Wildman–Crippen LogP) is 5.73. The van der Waals surface area contributed by atoms with Gasteiger partial charge in [0.1, 0.15) is 24.7 Å². The number of methoxy groups -OCH3 is 2. The van der Waals surface area contributed by atoms with Gasteiger partial charge in [-0.1, -0.05) is 42.3 Å². The Morgan fingerprint density at radius 2 is 1.39 bits per heavy atom. The zero-order valence-corrected chi connectivity index (χ0v) is 22.8. The van der Waals surface area contributed by atoms with E-state index >= 15 is 0 Å². The fraction of sp³-hybridized carbons (Fsp3) is 0.367. The third-order valence-electron chi connectivity index (χ3n) is 6.56. The van der Waals surface area contributed by atoms with Crippen molar-refractivity contribution in [1.82, 2.24) is 10.2 Å². The van der Waals surface area contributed by atoms with E-state index in [4.69, 9.17) is 30.5 Å². The zero-order chi connectivity index (χ0) is 26.7. The monoisotopic (exact) mass is 538 g/mol. The van der Waals surface area contributed by atoms with Crippen molar-refractivity contribution in [3.63, 3.8) is 0 Å². The highest BCUT2D eigenvalue weighted by Crippen LogP contribution is 2.39. The van der Waals surface area contributed by atoms with Crippen LogP contribution in [-0.2, 0) is 13.2 Å². The largest absolute Gasteiger partial charge is 0.497 e. The first-order valence-electron chi connectivity index (χ1n) is 12.9. The molecule has 0 atom stereocenters. The van der Waals surface area contributed by atoms with Gasteiger partial charge in [-0.25, -0.2) is 0 Å². The summed E-state index contributed by atoms with van der Waals surface area (Å²) in [6.45, 7) is 4.11. The van der Waals surface area contributed by atoms with Crippen molar-refractivity contribution in [2.75, 3.05) is 40.4 Å². The van der Waals surface area contributed by atoms with Gasteiger partial charge >= 0.3 is 0 Å². The number of nitrogens with one attached hydrogen (secondary N) is 1. The number of ether oxygens (including phenoxy) is 4. The first kappa shape index (κ1) is 27.6. The maximum Gasteiger partial charge on any atom is 0.252 e. The highest BCUT2D eigenvalue weighted by molar-refractivity contribution is 6.35. The first-order valence-corrected chi connectivity index (χ1v) is 13.3. The van der Waals surface area contributed by atoms with E-state index in [0.717, 1.165) is 42.3 Å². The average molecular weight is 539 g/mol. The lowest BCUT2D eigenvalue weighted by molar-refractivity contribution is 0.0946. The van der Waals surface area contributed by atoms with Crippen LogP contribution in [0.3, 0.4) is 0 Å². The Morgan fingerprint density at radius 3 is 1.97 bits per heavy atom. The van der Waals surface area contributed by atoms with Gasteiger partial charge in [0, 0.05) is 13.1 Å². The summed E-state index contributed by atoms with van der Waals surface area (Å²) in [7, 11) is 3.26. The molecule has 0 radical (unpaired) electrons. The number of halogens is 1. The number of benzene rings is 3. The second-order valence-corrected chi connectivity index (χ2v) is 9.56. The van der Waals surface area contributed by atoms with Gasteiger partial charge < -0.3 is 29.2 Å². The Bertz CT molecular complexity index is 1180. The summed E-state index contributed by atoms with van der Waals surface area (Å²) >= 11 is 6.76. The molecule has 1 N–H and O–H groups in total. The van der Waals surface area contributed by atoms with Crippen LogP contribution in [0.15, 0.2) is 60.7 Å². The molecule has 38 heavy (non-hydrogen) atoms. The van der Waals surface area contributed by atoms with Crippen molar-refractivity contribution >= 4 is 17.5 Å². The fourth-order valence-electron chi connectivity index (χ4n) is 4.33. The van der Waals surface area contributed by atoms with Gasteiger partial charge in [-0.15, -0.1) is 0 Å². The van der Waals surface area contributed by atoms with Gasteiger partial charge in [-0.05, 0) is 73.5 Å². The lowest BCUT2D eigenvalue weighted by atomic mass is 10.1. The van der Waals surface area contributed by atoms with Crippen LogP contribution < -0.4 is 24.3 Å². The lowest BCUT2D eigenvalue weighted by Gasteiger charge is -2.26. The quantitative estimate of drug-likeness (QED) is 0.317. The molecule has 0 unspecified atom stereocenters. The normalized spacial score (nSPS) is 13.6. The molecular weight excluding hydrogens is 504 g/mol. The van der Waals surface area contributed by atoms with Crippen LogP contribution in [0.4, 0.5) is 0 Å². The number of carbonyl (C=O) groups is 1. The molecule has 1 amide bonds. The van der Waals surface area contributed by atoms with Crippen molar-refractivity contribution < 1.29 is 23.7 Å². The number of amides is 1. The van der Waals surface area contributed by atoms with Gasteiger partial charge in [-0.3, -0.25) is 4.79 Å². The molecule has 0 saturated carbocycles. The van der Waals surface area contributed by atoms with Crippen molar-refractivity contribution in [2.24, 2.45) is 0 Å². The lowest BCUT2D eigenvalue weighted by Crippen LogP contribution is -2.37. The van der Waals surface area contributed by atoms with Gasteiger partial charge in [0.25, 0.3) is 5.91 Å². The predicted molar refractivity (Wildman–Crippen MR) is 149 cm³/mol. The molecule has 3 aromatic carbocycles. The molecular formula is C30H35ClN2O5. The summed E-state index contributed by atoms with van der Waals surface area (Å²) < 4.78 is 22.7. The van der Waals surface area contributed by atoms with Crippen molar-refractivity contribution in [3.8, 4) is 23.0 Å². The third-order valence-corrected chi connectivity index (χ3v) is 6.94. The van der Waals surface area contributed by atoms with Crippen LogP contribution in [0.25, 0.3) is 0 Å². The number of hydrogen-bond donors (Lipinski definition) is 1. The molecule has 1 heterocycles. The number of piperidine rings is 1. The minimum atomic E-state index is -0.233. The molecule has 7 nitrogen and oxygen atoms in total. The summed E-state index contributed by atoms with van der Waals surface area (Å²) in [6.07, 6.45) is 3.71. The Labute approximate surface area is 229 Å². The smallest absolute Gasteiger partial charge is 0.252 e. The zero-order valence-electron chi connectivity index (χ0n) is 22.0. The Kier molecular flexibility index (Phi) is 10.1. The number of carbonyl (C=O) groups excluding carboxylic acids is 1. The van der Waals surface area contributed by atoms with Crippen LogP contribution in [0, 0.1) is 0 Å². The summed E-state index contributed by atoms with van der Waals surface area (Å²) in [5.74, 6) is 2.10. The Balaban J connectivity index is 1.47. The van der Waals surface area contributed by atoms with E-state index in [9.17, 15) is 4.79 Å². The van der Waals surface area contributed by atoms with E-state index in [-0.39, 0.29) is 17.5 Å². The standard InChI is InChI=1S/C30H35ClN2O5/c1-35-24-10-6-22(7-11-24)20-37-27-15-14-26(30(34)32-16-19-33-17-4-3-5-18-33)28(31)29(27)38-21-23-8-12-25(36-2)13-9-23/h6-15H,3-5,16-21H2,1-2H3,(H,32,34). The summed E-state index contributed by atoms with van der Waals surface area (Å²) in [5.41, 5.74) is 2.24. The molecule has 8 heteroatoms. The van der Waals surface area contributed by atoms with Crippen LogP contribution in [0.5, 0.6) is 23.0 Å². The first-order chi connectivity index (χ1) is 18.6. The van der Waals surface area contributed by atoms with E-state index in [2.05, 4.69) is 10.2 Å². The highest BCUT2D eigenvalue weighted by Gasteiger charge is 2.20. The van der Waals surface area contributed by atoms with Crippen molar-refractivity contribution in [2.45, 2.75) is 32.5 Å². The molecule has 1 saturated heterocycles. The molecule has 1 aliphatic heterocycles. The van der Waals surface area contributed by atoms with E-state index in [1.807, 2.05) is 48.5 Å². The number of nitrogens with zero attached hydrogens (tertiary/aromatic N) is 1. The molecule has 202 valence electrons. The van der Waals surface area contributed by atoms with Crippen LogP contribution >= 0.6 is 11.6 Å². The second kappa shape index (κ2) is 13.9. The number of rotatable bonds is 12. The molecule has 0 aromatic heterocycles. The summed E-state index contributed by atoms with van der Waals surface area (Å²) in [5, 5.41) is 3.23. The summed E-state index contributed by atoms with van der Waals surface area (Å²) in [6, 6.07) is 18.6. The van der Waals surface area contributed by atoms with Gasteiger partial charge in [0.2, 0.25) is 0 Å². The van der Waals surface area contributed by atoms with E-state index in [1.165, 1.54) is 19.3 Å². The molecule has 1 aliphatic rings. The third kappa shape index (κ3) is 7.55. The minimum absolute atomic E-state index is 0.223. The van der Waals surface area contributed by atoms with Crippen molar-refractivity contribution in [3.05, 3.63) is 82.4 Å². The Hall–Kier alpha value is -3.42. The van der Waals surface area contributed by atoms with E-state index in [0.29, 0.717) is 30.2 Å². The number of likely N-dealkylation sites (tertiary alicyclic amines) is 1. The molecule has 0 bridgehead atoms. The van der Waals surface area contributed by atoms with Crippen LogP contribution in [0.2, 0.25) is 5.02 Å². The van der Waals surface area contributed by atoms with Crippen LogP contribution in [0.1, 0.15) is 40.7 Å². The SMILES string of the molecule is COc1ccc(COc2ccc(C(=O)NCCN3CCCCC3)c(Cl)c2OCc2ccc(OC)cc2)cc1. The minimum Gasteiger partial charge on any atom is -0.497 e. The maximum atomic E-state index is 13.0. The van der Waals surface area contributed by atoms with Gasteiger partial charge in [0.15, 0.2) is 11.5 Å². The maximum absolute atomic E-state index is 13.0. The molecule has 3 aromatic rings. The van der Waals surface area contributed by atoms with E-state index < -0.39 is 0 Å². The molecule has 0 spiro atoms. The van der Waals surface area contributed by atoms with Gasteiger partial charge in [-0.2, -0.15) is 0 Å². The van der Waals surface area contributed by atoms with Crippen molar-refractivity contribution in [1.29, 1.82) is 0 Å². The van der Waals surface area contributed by atoms with E-state index in [1.54, 1.807) is 26.4 Å². The topological polar surface area (TPSA) is 69.3 Å². The highest BCUT2D eigenvalue weighted by atomic mass is 35.5. The Morgan fingerprint density at radius 1 is 0.816 bits per heavy atom. The average Bonchev–Trinajstić information content (AvgIpc) is 2.96.